The van der Waals surface area contributed by atoms with Gasteiger partial charge < -0.3 is 55.7 Å². The molecule has 2 atom stereocenters. The first-order valence-electron chi connectivity index (χ1n) is 9.05. The molecule has 0 aliphatic rings. The zero-order chi connectivity index (χ0) is 26.0. The van der Waals surface area contributed by atoms with Crippen LogP contribution >= 0.6 is 23.5 Å². The fourth-order valence-corrected chi connectivity index (χ4v) is 2.18. The van der Waals surface area contributed by atoms with Crippen LogP contribution in [0.2, 0.25) is 0 Å². The summed E-state index contributed by atoms with van der Waals surface area (Å²) in [5.74, 6) is 0.0418. The third kappa shape index (κ3) is 114. The van der Waals surface area contributed by atoms with Crippen LogP contribution in [-0.2, 0) is 19.2 Å². The summed E-state index contributed by atoms with van der Waals surface area (Å²) < 4.78 is 0. The predicted octanol–water partition coefficient (Wildman–Crippen LogP) is -4.73. The zero-order valence-corrected chi connectivity index (χ0v) is 30.8. The molecule has 0 saturated carbocycles. The van der Waals surface area contributed by atoms with Crippen molar-refractivity contribution in [3.05, 3.63) is 12.3 Å². The van der Waals surface area contributed by atoms with Crippen molar-refractivity contribution in [3.63, 3.8) is 0 Å². The third-order valence-electron chi connectivity index (χ3n) is 1.61. The summed E-state index contributed by atoms with van der Waals surface area (Å²) in [6, 6.07) is 0. The number of rotatable bonds is 10. The number of carbonyl (C=O) groups excluding carboxylic acids is 3. The van der Waals surface area contributed by atoms with Gasteiger partial charge in [-0.05, 0) is 39.7 Å². The molecule has 34 heavy (non-hydrogen) atoms. The number of amides is 1. The van der Waals surface area contributed by atoms with Gasteiger partial charge in [0.2, 0.25) is 5.91 Å². The van der Waals surface area contributed by atoms with Gasteiger partial charge in [-0.15, -0.1) is 11.8 Å². The fourth-order valence-electron chi connectivity index (χ4n) is 0.727. The number of thioether (sulfide) groups is 2. The first-order valence-corrected chi connectivity index (χ1v) is 11.4. The number of carboxylic acids is 1. The number of nitrogens with two attached hydrogens (primary N) is 7. The Kier molecular flexibility index (Phi) is 173. The normalized spacial score (nSPS) is 8.24. The molecule has 0 aromatic carbocycles. The summed E-state index contributed by atoms with van der Waals surface area (Å²) in [6.45, 7) is 7.46. The smallest absolute Gasteiger partial charge is 0.693 e. The summed E-state index contributed by atoms with van der Waals surface area (Å²) in [6.07, 6.45) is 3.59. The Bertz CT molecular complexity index is 315. The summed E-state index contributed by atoms with van der Waals surface area (Å²) in [5, 5.41) is 8.18. The van der Waals surface area contributed by atoms with Gasteiger partial charge in [0.25, 0.3) is 0 Å². The van der Waals surface area contributed by atoms with Crippen molar-refractivity contribution in [3.8, 4) is 0 Å². The monoisotopic (exact) mass is 585 g/mol. The van der Waals surface area contributed by atoms with Gasteiger partial charge in [0.1, 0.15) is 0 Å². The number of carboxylic acid groups (broad SMARTS) is 1. The van der Waals surface area contributed by atoms with Crippen molar-refractivity contribution < 1.29 is 127 Å². The molecule has 0 aromatic rings. The molecule has 0 radical (unpaired) electrons. The molecule has 12 nitrogen and oxygen atoms in total. The minimum Gasteiger partial charge on any atom is -0.693 e. The quantitative estimate of drug-likeness (QED) is 0.104. The van der Waals surface area contributed by atoms with Crippen LogP contribution < -0.4 is 131 Å². The van der Waals surface area contributed by atoms with Crippen LogP contribution in [0, 0.1) is 11.8 Å². The Hall–Kier alpha value is 2.01. The fraction of sp³-hybridized carbons (Fsp3) is 0.778. The van der Waals surface area contributed by atoms with Gasteiger partial charge in [-0.1, -0.05) is 27.7 Å². The van der Waals surface area contributed by atoms with Gasteiger partial charge in [0.15, 0.2) is 0 Å². The molecule has 15 N–H and O–H groups in total. The van der Waals surface area contributed by atoms with Crippen LogP contribution in [-0.4, -0.2) is 80.8 Å². The average molecular weight is 586 g/mol. The maximum absolute atomic E-state index is 10.2. The molecular weight excluding hydrogens is 537 g/mol. The molecule has 2 unspecified atom stereocenters. The Morgan fingerprint density at radius 1 is 0.735 bits per heavy atom. The number of hydrogen-bond donors (Lipinski definition) is 6. The zero-order valence-electron chi connectivity index (χ0n) is 22.9. The number of aliphatic carboxylic acids is 1. The van der Waals surface area contributed by atoms with E-state index in [1.165, 1.54) is 51.7 Å². The second-order valence-electron chi connectivity index (χ2n) is 3.93. The maximum Gasteiger partial charge on any atom is 1.00 e. The van der Waals surface area contributed by atoms with Crippen molar-refractivity contribution >= 4 is 48.0 Å². The molecule has 0 aliphatic carbocycles. The molecule has 0 heterocycles. The van der Waals surface area contributed by atoms with E-state index in [1.54, 1.807) is 20.1 Å². The molecule has 0 saturated heterocycles. The summed E-state index contributed by atoms with van der Waals surface area (Å²) >= 11 is 2.59. The molecule has 202 valence electrons. The van der Waals surface area contributed by atoms with Gasteiger partial charge >= 0.3 is 109 Å². The Balaban J connectivity index is -0.0000000232. The standard InChI is InChI=1S/C6H10NO2S.C6H9O3S.C2H6.4CH5N.2K.2H2N/c1-5(2-8)3-10-4-6(7)9;1-5(2-7)3-10-4-6(8)9;5*1-2;;;;/h5H,3-4H2,1H3,(H2,7,9);5H,3-4H2,1H3,(H,8,9);1-2H3;4*2H2,1H3;;;2*1H2/q2*-1;;;;;;2*+1;2*-1. The minimum atomic E-state index is -0.844. The molecule has 1 amide bonds. The van der Waals surface area contributed by atoms with E-state index < -0.39 is 5.97 Å². The van der Waals surface area contributed by atoms with Gasteiger partial charge in [0.05, 0.1) is 11.5 Å². The summed E-state index contributed by atoms with van der Waals surface area (Å²) in [5.41, 5.74) is 22.9. The maximum atomic E-state index is 10.2. The number of primary amides is 1. The Morgan fingerprint density at radius 2 is 0.971 bits per heavy atom. The van der Waals surface area contributed by atoms with Gasteiger partial charge in [0, 0.05) is 0 Å². The van der Waals surface area contributed by atoms with Gasteiger partial charge in [-0.2, -0.15) is 23.5 Å². The minimum absolute atomic E-state index is 0. The van der Waals surface area contributed by atoms with Crippen molar-refractivity contribution in [2.75, 3.05) is 51.2 Å². The van der Waals surface area contributed by atoms with Crippen molar-refractivity contribution in [2.24, 2.45) is 40.5 Å². The topological polar surface area (TPSA) is 286 Å². The van der Waals surface area contributed by atoms with E-state index in [2.05, 4.69) is 22.9 Å². The molecule has 0 rings (SSSR count). The molecule has 0 spiro atoms. The van der Waals surface area contributed by atoms with E-state index in [4.69, 9.17) is 10.8 Å². The van der Waals surface area contributed by atoms with E-state index in [-0.39, 0.29) is 144 Å². The van der Waals surface area contributed by atoms with Crippen LogP contribution in [0.3, 0.4) is 0 Å². The van der Waals surface area contributed by atoms with Gasteiger partial charge in [-0.3, -0.25) is 22.2 Å². The van der Waals surface area contributed by atoms with E-state index >= 15 is 0 Å². The predicted molar refractivity (Wildman–Crippen MR) is 144 cm³/mol. The van der Waals surface area contributed by atoms with E-state index in [9.17, 15) is 19.2 Å². The largest absolute Gasteiger partial charge is 1.00 e. The molecule has 16 heteroatoms. The summed E-state index contributed by atoms with van der Waals surface area (Å²) in [7, 11) is 6.00. The SMILES string of the molecule is CC.CC([C-]=O)CSCC(=O)O.CC([C-]=O)CSCC(N)=O.CN.CN.CN.CN.[K+].[K+].[NH2-].[NH2-]. The molecular formula is C18H49K2N7O5S2-2. The Labute approximate surface area is 301 Å². The van der Waals surface area contributed by atoms with E-state index in [0.29, 0.717) is 11.5 Å². The Morgan fingerprint density at radius 3 is 1.15 bits per heavy atom. The second kappa shape index (κ2) is 83.6. The van der Waals surface area contributed by atoms with Crippen LogP contribution in [0.15, 0.2) is 0 Å². The first kappa shape index (κ1) is 70.6. The van der Waals surface area contributed by atoms with Crippen LogP contribution in [0.5, 0.6) is 0 Å². The van der Waals surface area contributed by atoms with Crippen LogP contribution in [0.1, 0.15) is 27.7 Å². The van der Waals surface area contributed by atoms with Gasteiger partial charge in [-0.25, -0.2) is 0 Å². The molecule has 0 aromatic heterocycles. The number of carbonyl (C=O) groups is 2. The van der Waals surface area contributed by atoms with Crippen LogP contribution in [0.4, 0.5) is 0 Å². The molecule has 0 bridgehead atoms. The summed E-state index contributed by atoms with van der Waals surface area (Å²) in [4.78, 5) is 39.9. The third-order valence-corrected chi connectivity index (χ3v) is 4.02. The average Bonchev–Trinajstić information content (AvgIpc) is 2.80. The van der Waals surface area contributed by atoms with E-state index in [1.807, 2.05) is 20.1 Å². The van der Waals surface area contributed by atoms with Crippen molar-refractivity contribution in [1.29, 1.82) is 0 Å². The first-order chi connectivity index (χ1) is 14.3. The van der Waals surface area contributed by atoms with Crippen molar-refractivity contribution in [1.82, 2.24) is 0 Å². The second-order valence-corrected chi connectivity index (χ2v) is 5.99. The molecule has 0 fully saturated rings. The van der Waals surface area contributed by atoms with Crippen molar-refractivity contribution in [2.45, 2.75) is 27.7 Å². The molecule has 0 aliphatic heterocycles. The number of hydrogen-bond acceptors (Lipinski definition) is 10. The van der Waals surface area contributed by atoms with E-state index in [0.717, 1.165) is 0 Å². The van der Waals surface area contributed by atoms with Crippen LogP contribution in [0.25, 0.3) is 12.3 Å².